The van der Waals surface area contributed by atoms with Gasteiger partial charge < -0.3 is 59.5 Å². The van der Waals surface area contributed by atoms with E-state index in [1.54, 1.807) is 0 Å². The molecule has 0 saturated carbocycles. The van der Waals surface area contributed by atoms with Crippen molar-refractivity contribution in [2.45, 2.75) is 79.1 Å². The summed E-state index contributed by atoms with van der Waals surface area (Å²) in [6, 6.07) is 19.7. The molecule has 0 radical (unpaired) electrons. The molecular weight excluding hydrogens is 659 g/mol. The molecule has 0 bridgehead atoms. The molecule has 39 heavy (non-hydrogen) atoms. The predicted molar refractivity (Wildman–Crippen MR) is 190 cm³/mol. The Labute approximate surface area is 280 Å². The molecule has 0 spiro atoms. The molecule has 0 aliphatic rings. The van der Waals surface area contributed by atoms with Crippen LogP contribution in [0.4, 0.5) is 0 Å². The van der Waals surface area contributed by atoms with E-state index in [0.29, 0.717) is 8.64 Å². The summed E-state index contributed by atoms with van der Waals surface area (Å²) < 4.78 is 1.27. The molecule has 0 unspecified atom stereocenters. The Bertz CT molecular complexity index is 708. The average molecular weight is 710 g/mol. The molecule has 216 valence electrons. The molecular formula is C32H50N2S4Sn. The maximum Gasteiger partial charge on any atom is 4.00 e. The first-order valence-corrected chi connectivity index (χ1v) is 15.5. The van der Waals surface area contributed by atoms with Crippen molar-refractivity contribution in [1.29, 1.82) is 0 Å². The van der Waals surface area contributed by atoms with Crippen LogP contribution in [0.1, 0.15) is 90.2 Å². The first-order chi connectivity index (χ1) is 18.2. The normalized spacial score (nSPS) is 9.13. The van der Waals surface area contributed by atoms with Crippen LogP contribution in [0.3, 0.4) is 0 Å². The van der Waals surface area contributed by atoms with Crippen molar-refractivity contribution >= 4 is 82.2 Å². The van der Waals surface area contributed by atoms with E-state index in [2.05, 4.69) is 51.3 Å². The van der Waals surface area contributed by atoms with Gasteiger partial charge >= 0.3 is 23.9 Å². The quantitative estimate of drug-likeness (QED) is 0.0935. The zero-order valence-corrected chi connectivity index (χ0v) is 30.8. The third-order valence-electron chi connectivity index (χ3n) is 5.33. The van der Waals surface area contributed by atoms with E-state index in [1.807, 2.05) is 60.7 Å². The summed E-state index contributed by atoms with van der Waals surface area (Å²) in [5.74, 6) is 0. The molecule has 0 atom stereocenters. The Balaban J connectivity index is -0.000000451. The minimum absolute atomic E-state index is 0. The first kappa shape index (κ1) is 42.7. The van der Waals surface area contributed by atoms with Crippen LogP contribution in [0.25, 0.3) is 0 Å². The van der Waals surface area contributed by atoms with Crippen LogP contribution in [0.15, 0.2) is 60.7 Å². The van der Waals surface area contributed by atoms with Gasteiger partial charge in [0.25, 0.3) is 0 Å². The van der Waals surface area contributed by atoms with Crippen LogP contribution < -0.4 is 0 Å². The number of thiocarbonyl (C=S) groups is 2. The van der Waals surface area contributed by atoms with Crippen LogP contribution in [0.2, 0.25) is 0 Å². The monoisotopic (exact) mass is 710 g/mol. The zero-order chi connectivity index (χ0) is 29.0. The molecule has 0 saturated heterocycles. The minimum Gasteiger partial charge on any atom is -0.411 e. The van der Waals surface area contributed by atoms with Crippen molar-refractivity contribution in [3.05, 3.63) is 85.6 Å². The first-order valence-electron chi connectivity index (χ1n) is 13.9. The molecule has 2 rings (SSSR count). The zero-order valence-electron chi connectivity index (χ0n) is 24.7. The Morgan fingerprint density at radius 3 is 0.923 bits per heavy atom. The van der Waals surface area contributed by atoms with E-state index in [0.717, 1.165) is 37.3 Å². The summed E-state index contributed by atoms with van der Waals surface area (Å²) >= 11 is 19.9. The molecule has 0 N–H and O–H groups in total. The summed E-state index contributed by atoms with van der Waals surface area (Å²) in [5, 5.41) is 0. The largest absolute Gasteiger partial charge is 4.00 e. The van der Waals surface area contributed by atoms with E-state index >= 15 is 0 Å². The standard InChI is InChI=1S/2C9H19NS2.2C7H7.Sn/c2*1-3-5-7-10(9(11)12)8-6-4-2;2*1-7-5-3-2-4-6-7;/h2*3-8H2,1-2H3,(H,11,12);2*2-6H,1H2;/q;;2*-1;+4/p-2. The fourth-order valence-electron chi connectivity index (χ4n) is 2.94. The molecule has 2 aromatic rings. The molecule has 0 amide bonds. The van der Waals surface area contributed by atoms with Crippen molar-refractivity contribution < 1.29 is 0 Å². The van der Waals surface area contributed by atoms with E-state index in [4.69, 9.17) is 49.7 Å². The molecule has 0 fully saturated rings. The van der Waals surface area contributed by atoms with Gasteiger partial charge in [0, 0.05) is 26.2 Å². The van der Waals surface area contributed by atoms with Crippen LogP contribution in [0.5, 0.6) is 0 Å². The Morgan fingerprint density at radius 2 is 0.795 bits per heavy atom. The van der Waals surface area contributed by atoms with Gasteiger partial charge in [-0.2, -0.15) is 49.2 Å². The Kier molecular flexibility index (Phi) is 34.7. The average Bonchev–Trinajstić information content (AvgIpc) is 2.90. The summed E-state index contributed by atoms with van der Waals surface area (Å²) in [5.41, 5.74) is 2.14. The maximum absolute atomic E-state index is 4.98. The molecule has 0 aromatic heterocycles. The van der Waals surface area contributed by atoms with E-state index in [1.165, 1.54) is 51.4 Å². The van der Waals surface area contributed by atoms with Crippen molar-refractivity contribution in [2.75, 3.05) is 26.2 Å². The number of hydrogen-bond acceptors (Lipinski definition) is 4. The maximum atomic E-state index is 4.98. The molecule has 2 aromatic carbocycles. The third kappa shape index (κ3) is 30.0. The molecule has 7 heteroatoms. The van der Waals surface area contributed by atoms with Gasteiger partial charge in [0.15, 0.2) is 0 Å². The third-order valence-corrected chi connectivity index (χ3v) is 6.36. The number of unbranched alkanes of at least 4 members (excludes halogenated alkanes) is 4. The van der Waals surface area contributed by atoms with Crippen molar-refractivity contribution in [1.82, 2.24) is 9.80 Å². The number of nitrogens with zero attached hydrogens (tertiary/aromatic N) is 2. The van der Waals surface area contributed by atoms with Gasteiger partial charge in [-0.25, -0.2) is 0 Å². The molecule has 0 aliphatic heterocycles. The predicted octanol–water partition coefficient (Wildman–Crippen LogP) is 8.80. The Hall–Kier alpha value is -0.801. The van der Waals surface area contributed by atoms with Crippen LogP contribution in [-0.4, -0.2) is 68.5 Å². The van der Waals surface area contributed by atoms with Crippen molar-refractivity contribution in [2.24, 2.45) is 0 Å². The Morgan fingerprint density at radius 1 is 0.564 bits per heavy atom. The van der Waals surface area contributed by atoms with E-state index in [-0.39, 0.29) is 23.9 Å². The fourth-order valence-corrected chi connectivity index (χ4v) is 3.67. The van der Waals surface area contributed by atoms with Gasteiger partial charge in [-0.1, -0.05) is 74.2 Å². The number of rotatable bonds is 12. The summed E-state index contributed by atoms with van der Waals surface area (Å²) in [4.78, 5) is 4.27. The van der Waals surface area contributed by atoms with E-state index < -0.39 is 0 Å². The summed E-state index contributed by atoms with van der Waals surface area (Å²) in [7, 11) is 0. The second-order valence-corrected chi connectivity index (χ2v) is 11.0. The molecule has 2 nitrogen and oxygen atoms in total. The van der Waals surface area contributed by atoms with Crippen molar-refractivity contribution in [3.63, 3.8) is 0 Å². The van der Waals surface area contributed by atoms with E-state index in [9.17, 15) is 0 Å². The second kappa shape index (κ2) is 31.7. The van der Waals surface area contributed by atoms with Gasteiger partial charge in [0.05, 0.1) is 0 Å². The number of hydrogen-bond donors (Lipinski definition) is 0. The fraction of sp³-hybridized carbons (Fsp3) is 0.500. The molecule has 0 aliphatic carbocycles. The smallest absolute Gasteiger partial charge is 0.411 e. The van der Waals surface area contributed by atoms with Gasteiger partial charge in [-0.3, -0.25) is 0 Å². The van der Waals surface area contributed by atoms with Crippen LogP contribution >= 0.6 is 24.4 Å². The van der Waals surface area contributed by atoms with Gasteiger partial charge in [-0.15, -0.1) is 24.3 Å². The molecule has 0 heterocycles. The SMILES string of the molecule is CCCCN(CCCC)C(=S)[S-].CCCCN(CCCC)C(=S)[S-].[CH2-]c1ccccc1.[CH2-]c1ccccc1.[Sn+4]. The number of benzene rings is 2. The van der Waals surface area contributed by atoms with Crippen LogP contribution in [0, 0.1) is 13.8 Å². The topological polar surface area (TPSA) is 6.48 Å². The summed E-state index contributed by atoms with van der Waals surface area (Å²) in [6.45, 7) is 20.3. The van der Waals surface area contributed by atoms with Gasteiger partial charge in [0.2, 0.25) is 0 Å². The summed E-state index contributed by atoms with van der Waals surface area (Å²) in [6.07, 6.45) is 9.62. The van der Waals surface area contributed by atoms with Crippen molar-refractivity contribution in [3.8, 4) is 0 Å². The van der Waals surface area contributed by atoms with Crippen LogP contribution in [-0.2, 0) is 25.3 Å². The van der Waals surface area contributed by atoms with Gasteiger partial charge in [-0.05, 0) is 25.7 Å². The van der Waals surface area contributed by atoms with Gasteiger partial charge in [0.1, 0.15) is 0 Å². The minimum atomic E-state index is 0. The second-order valence-electron chi connectivity index (χ2n) is 8.89.